The first-order valence-electron chi connectivity index (χ1n) is 6.62. The van der Waals surface area contributed by atoms with E-state index in [4.69, 9.17) is 16.0 Å². The summed E-state index contributed by atoms with van der Waals surface area (Å²) in [5, 5.41) is 20.6. The maximum atomic E-state index is 12.4. The Morgan fingerprint density at radius 2 is 2.05 bits per heavy atom. The van der Waals surface area contributed by atoms with Gasteiger partial charge in [-0.05, 0) is 18.6 Å². The highest BCUT2D eigenvalue weighted by atomic mass is 16.4. The Hall–Kier alpha value is -2.08. The molecule has 0 aliphatic heterocycles. The second-order valence-electron chi connectivity index (χ2n) is 4.44. The molecule has 0 fully saturated rings. The van der Waals surface area contributed by atoms with Gasteiger partial charge < -0.3 is 20.9 Å². The third kappa shape index (κ3) is 4.24. The maximum absolute atomic E-state index is 12.4. The molecule has 4 N–H and O–H groups in total. The van der Waals surface area contributed by atoms with Gasteiger partial charge in [-0.15, -0.1) is 0 Å². The molecule has 0 spiro atoms. The monoisotopic (exact) mass is 279 g/mol. The molecule has 0 bridgehead atoms. The van der Waals surface area contributed by atoms with Crippen LogP contribution in [0.3, 0.4) is 0 Å². The van der Waals surface area contributed by atoms with E-state index in [2.05, 4.69) is 5.16 Å². The molecule has 110 valence electrons. The van der Waals surface area contributed by atoms with Crippen LogP contribution < -0.4 is 5.73 Å². The molecular weight excluding hydrogens is 258 g/mol. The van der Waals surface area contributed by atoms with E-state index in [1.165, 1.54) is 0 Å². The highest BCUT2D eigenvalue weighted by molar-refractivity contribution is 6.01. The summed E-state index contributed by atoms with van der Waals surface area (Å²) in [6, 6.07) is 6.59. The average molecular weight is 279 g/mol. The van der Waals surface area contributed by atoms with E-state index in [0.29, 0.717) is 24.2 Å². The van der Waals surface area contributed by atoms with Crippen LogP contribution in [-0.2, 0) is 0 Å². The Balaban J connectivity index is 2.93. The van der Waals surface area contributed by atoms with Crippen LogP contribution >= 0.6 is 0 Å². The van der Waals surface area contributed by atoms with Crippen LogP contribution in [0.4, 0.5) is 0 Å². The van der Waals surface area contributed by atoms with E-state index < -0.39 is 0 Å². The van der Waals surface area contributed by atoms with Crippen molar-refractivity contribution in [2.45, 2.75) is 19.8 Å². The summed E-state index contributed by atoms with van der Waals surface area (Å²) in [7, 11) is 0. The number of aliphatic hydroxyl groups is 1. The zero-order valence-corrected chi connectivity index (χ0v) is 11.6. The first-order valence-corrected chi connectivity index (χ1v) is 6.62. The zero-order chi connectivity index (χ0) is 15.0. The smallest absolute Gasteiger partial charge is 0.253 e. The number of amides is 1. The van der Waals surface area contributed by atoms with E-state index in [9.17, 15) is 4.79 Å². The van der Waals surface area contributed by atoms with Crippen LogP contribution in [-0.4, -0.2) is 46.7 Å². The Morgan fingerprint density at radius 1 is 1.35 bits per heavy atom. The highest BCUT2D eigenvalue weighted by Gasteiger charge is 2.15. The number of hydrogen-bond donors (Lipinski definition) is 3. The summed E-state index contributed by atoms with van der Waals surface area (Å²) in [4.78, 5) is 14.0. The first-order chi connectivity index (χ1) is 9.63. The molecule has 6 heteroatoms. The van der Waals surface area contributed by atoms with Crippen LogP contribution in [0.5, 0.6) is 0 Å². The van der Waals surface area contributed by atoms with Gasteiger partial charge in [-0.2, -0.15) is 0 Å². The van der Waals surface area contributed by atoms with Crippen LogP contribution in [0, 0.1) is 0 Å². The Morgan fingerprint density at radius 3 is 2.65 bits per heavy atom. The van der Waals surface area contributed by atoms with Crippen LogP contribution in [0.15, 0.2) is 29.4 Å². The Labute approximate surface area is 118 Å². The molecule has 0 saturated heterocycles. The van der Waals surface area contributed by atoms with Crippen molar-refractivity contribution in [1.82, 2.24) is 4.90 Å². The number of hydrogen-bond acceptors (Lipinski definition) is 4. The van der Waals surface area contributed by atoms with Crippen molar-refractivity contribution < 1.29 is 15.1 Å². The lowest BCUT2D eigenvalue weighted by atomic mass is 10.1. The molecule has 0 aliphatic carbocycles. The van der Waals surface area contributed by atoms with E-state index in [1.807, 2.05) is 6.92 Å². The highest BCUT2D eigenvalue weighted by Crippen LogP contribution is 2.09. The normalized spacial score (nSPS) is 11.4. The summed E-state index contributed by atoms with van der Waals surface area (Å²) in [6.45, 7) is 2.87. The largest absolute Gasteiger partial charge is 0.409 e. The number of benzene rings is 1. The molecular formula is C14H21N3O3. The number of nitrogens with two attached hydrogens (primary N) is 1. The van der Waals surface area contributed by atoms with Gasteiger partial charge in [0, 0.05) is 24.2 Å². The summed E-state index contributed by atoms with van der Waals surface area (Å²) in [5.74, 6) is -0.206. The lowest BCUT2D eigenvalue weighted by Gasteiger charge is -2.21. The Bertz CT molecular complexity index is 474. The zero-order valence-electron chi connectivity index (χ0n) is 11.6. The summed E-state index contributed by atoms with van der Waals surface area (Å²) < 4.78 is 0. The topological polar surface area (TPSA) is 99.2 Å². The average Bonchev–Trinajstić information content (AvgIpc) is 2.50. The number of rotatable bonds is 7. The molecule has 20 heavy (non-hydrogen) atoms. The van der Waals surface area contributed by atoms with Crippen LogP contribution in [0.2, 0.25) is 0 Å². The second kappa shape index (κ2) is 8.16. The number of aliphatic hydroxyl groups excluding tert-OH is 1. The second-order valence-corrected chi connectivity index (χ2v) is 4.44. The molecule has 0 radical (unpaired) electrons. The molecule has 1 rings (SSSR count). The minimum atomic E-state index is -0.167. The molecule has 1 amide bonds. The molecule has 0 atom stereocenters. The van der Waals surface area contributed by atoms with Crippen LogP contribution in [0.1, 0.15) is 35.7 Å². The third-order valence-electron chi connectivity index (χ3n) is 2.95. The van der Waals surface area contributed by atoms with Gasteiger partial charge in [0.25, 0.3) is 5.91 Å². The van der Waals surface area contributed by atoms with Crippen molar-refractivity contribution >= 4 is 11.7 Å². The number of unbranched alkanes of at least 4 members (excludes halogenated alkanes) is 1. The fourth-order valence-electron chi connectivity index (χ4n) is 1.84. The Kier molecular flexibility index (Phi) is 6.52. The van der Waals surface area contributed by atoms with Gasteiger partial charge in [0.2, 0.25) is 0 Å². The van der Waals surface area contributed by atoms with Gasteiger partial charge in [-0.3, -0.25) is 4.79 Å². The number of carbonyl (C=O) groups is 1. The lowest BCUT2D eigenvalue weighted by molar-refractivity contribution is 0.0719. The number of carbonyl (C=O) groups excluding carboxylic acids is 1. The minimum absolute atomic E-state index is 0.0399. The predicted octanol–water partition coefficient (Wildman–Crippen LogP) is 1.02. The SMILES string of the molecule is CCCCN(CCO)C(=O)c1cccc(C(N)=NO)c1. The van der Waals surface area contributed by atoms with Crippen molar-refractivity contribution in [2.24, 2.45) is 10.9 Å². The number of nitrogens with zero attached hydrogens (tertiary/aromatic N) is 2. The van der Waals surface area contributed by atoms with Crippen molar-refractivity contribution in [2.75, 3.05) is 19.7 Å². The molecule has 0 heterocycles. The minimum Gasteiger partial charge on any atom is -0.409 e. The molecule has 6 nitrogen and oxygen atoms in total. The fourth-order valence-corrected chi connectivity index (χ4v) is 1.84. The van der Waals surface area contributed by atoms with Crippen molar-refractivity contribution in [3.8, 4) is 0 Å². The molecule has 1 aromatic rings. The van der Waals surface area contributed by atoms with Gasteiger partial charge >= 0.3 is 0 Å². The van der Waals surface area contributed by atoms with Crippen molar-refractivity contribution in [3.05, 3.63) is 35.4 Å². The van der Waals surface area contributed by atoms with E-state index in [0.717, 1.165) is 12.8 Å². The molecule has 0 aliphatic rings. The molecule has 0 unspecified atom stereocenters. The fraction of sp³-hybridized carbons (Fsp3) is 0.429. The van der Waals surface area contributed by atoms with E-state index in [-0.39, 0.29) is 18.3 Å². The van der Waals surface area contributed by atoms with Gasteiger partial charge in [0.05, 0.1) is 6.61 Å². The van der Waals surface area contributed by atoms with Crippen molar-refractivity contribution in [3.63, 3.8) is 0 Å². The van der Waals surface area contributed by atoms with E-state index in [1.54, 1.807) is 29.2 Å². The lowest BCUT2D eigenvalue weighted by Crippen LogP contribution is -2.34. The molecule has 0 saturated carbocycles. The van der Waals surface area contributed by atoms with Gasteiger partial charge in [-0.1, -0.05) is 30.6 Å². The number of oxime groups is 1. The summed E-state index contributed by atoms with van der Waals surface area (Å²) in [6.07, 6.45) is 1.85. The van der Waals surface area contributed by atoms with Gasteiger partial charge in [0.15, 0.2) is 5.84 Å². The third-order valence-corrected chi connectivity index (χ3v) is 2.95. The van der Waals surface area contributed by atoms with Gasteiger partial charge in [0.1, 0.15) is 0 Å². The van der Waals surface area contributed by atoms with E-state index >= 15 is 0 Å². The summed E-state index contributed by atoms with van der Waals surface area (Å²) in [5.41, 5.74) is 6.45. The first kappa shape index (κ1) is 16.0. The number of amidine groups is 1. The molecule has 1 aromatic carbocycles. The van der Waals surface area contributed by atoms with Crippen LogP contribution in [0.25, 0.3) is 0 Å². The predicted molar refractivity (Wildman–Crippen MR) is 76.9 cm³/mol. The summed E-state index contributed by atoms with van der Waals surface area (Å²) >= 11 is 0. The molecule has 0 aromatic heterocycles. The standard InChI is InChI=1S/C14H21N3O3/c1-2-3-7-17(8-9-18)14(19)12-6-4-5-11(10-12)13(15)16-20/h4-6,10,18,20H,2-3,7-9H2,1H3,(H2,15,16). The van der Waals surface area contributed by atoms with Gasteiger partial charge in [-0.25, -0.2) is 0 Å². The quantitative estimate of drug-likeness (QED) is 0.300. The maximum Gasteiger partial charge on any atom is 0.253 e. The van der Waals surface area contributed by atoms with Crippen molar-refractivity contribution in [1.29, 1.82) is 0 Å².